The fourth-order valence-electron chi connectivity index (χ4n) is 5.11. The Kier molecular flexibility index (Phi) is 5.26. The lowest BCUT2D eigenvalue weighted by atomic mass is 9.83. The van der Waals surface area contributed by atoms with Gasteiger partial charge < -0.3 is 10.4 Å². The molecule has 33 heavy (non-hydrogen) atoms. The highest BCUT2D eigenvalue weighted by atomic mass is 16.2. The minimum Gasteiger partial charge on any atom is -0.516 e. The standard InChI is InChI=1S/C30H28N2O/c1-19-8-9-23(22(18-19)15-17-33)30-26-11-12-27-25(24(26)14-16-32(30)4)10-13-28(31-27)29-20(2)6-5-7-21(29)3/h5-18,27H,1-4H3,(H,31,33)/p+1. The van der Waals surface area contributed by atoms with Gasteiger partial charge in [0.15, 0.2) is 6.20 Å². The average molecular weight is 434 g/mol. The van der Waals surface area contributed by atoms with Gasteiger partial charge in [0.25, 0.3) is 0 Å². The van der Waals surface area contributed by atoms with Crippen LogP contribution in [0.1, 0.15) is 38.9 Å². The van der Waals surface area contributed by atoms with Crippen molar-refractivity contribution >= 4 is 23.4 Å². The van der Waals surface area contributed by atoms with Gasteiger partial charge in [-0.25, -0.2) is 4.57 Å². The third-order valence-electron chi connectivity index (χ3n) is 6.67. The Morgan fingerprint density at radius 3 is 2.52 bits per heavy atom. The first-order valence-electron chi connectivity index (χ1n) is 11.4. The molecule has 2 heterocycles. The van der Waals surface area contributed by atoms with Crippen LogP contribution in [-0.2, 0) is 7.05 Å². The maximum absolute atomic E-state index is 9.48. The van der Waals surface area contributed by atoms with E-state index >= 15 is 0 Å². The van der Waals surface area contributed by atoms with Crippen LogP contribution in [0.2, 0.25) is 0 Å². The van der Waals surface area contributed by atoms with Crippen molar-refractivity contribution in [3.63, 3.8) is 0 Å². The van der Waals surface area contributed by atoms with Crippen molar-refractivity contribution in [2.45, 2.75) is 26.8 Å². The van der Waals surface area contributed by atoms with Crippen molar-refractivity contribution in [2.24, 2.45) is 7.05 Å². The first-order valence-corrected chi connectivity index (χ1v) is 11.4. The van der Waals surface area contributed by atoms with E-state index in [1.165, 1.54) is 44.7 Å². The first kappa shape index (κ1) is 21.0. The molecule has 1 unspecified atom stereocenters. The van der Waals surface area contributed by atoms with Gasteiger partial charge in [-0.05, 0) is 72.9 Å². The summed E-state index contributed by atoms with van der Waals surface area (Å²) < 4.78 is 2.16. The predicted molar refractivity (Wildman–Crippen MR) is 137 cm³/mol. The molecule has 1 aliphatic heterocycles. The van der Waals surface area contributed by atoms with Crippen LogP contribution >= 0.6 is 0 Å². The lowest BCUT2D eigenvalue weighted by Gasteiger charge is -2.30. The van der Waals surface area contributed by atoms with Crippen molar-refractivity contribution in [1.29, 1.82) is 0 Å². The molecule has 3 heteroatoms. The number of allylic oxidation sites excluding steroid dienone is 2. The van der Waals surface area contributed by atoms with E-state index in [1.807, 2.05) is 0 Å². The number of hydrogen-bond acceptors (Lipinski definition) is 2. The van der Waals surface area contributed by atoms with Gasteiger partial charge in [0.05, 0.1) is 23.4 Å². The molecule has 1 atom stereocenters. The molecule has 0 fully saturated rings. The highest BCUT2D eigenvalue weighted by Gasteiger charge is 2.29. The Hall–Kier alpha value is -3.85. The molecule has 3 aromatic rings. The predicted octanol–water partition coefficient (Wildman–Crippen LogP) is 6.06. The maximum atomic E-state index is 9.48. The van der Waals surface area contributed by atoms with E-state index in [4.69, 9.17) is 0 Å². The zero-order valence-corrected chi connectivity index (χ0v) is 19.6. The number of aryl methyl sites for hydroxylation is 4. The molecular formula is C30H29N2O+. The molecule has 0 saturated carbocycles. The molecule has 2 aromatic carbocycles. The largest absolute Gasteiger partial charge is 0.516 e. The number of pyridine rings is 1. The second-order valence-corrected chi connectivity index (χ2v) is 8.96. The van der Waals surface area contributed by atoms with Gasteiger partial charge in [-0.2, -0.15) is 0 Å². The number of dihydropyridines is 1. The Balaban J connectivity index is 1.66. The van der Waals surface area contributed by atoms with Crippen LogP contribution < -0.4 is 9.88 Å². The number of aromatic nitrogens is 1. The topological polar surface area (TPSA) is 36.1 Å². The van der Waals surface area contributed by atoms with Gasteiger partial charge in [-0.15, -0.1) is 0 Å². The number of aliphatic hydroxyl groups excluding tert-OH is 1. The summed E-state index contributed by atoms with van der Waals surface area (Å²) >= 11 is 0. The highest BCUT2D eigenvalue weighted by Crippen LogP contribution is 2.38. The molecular weight excluding hydrogens is 404 g/mol. The van der Waals surface area contributed by atoms with Crippen LogP contribution in [-0.4, -0.2) is 11.1 Å². The average Bonchev–Trinajstić information content (AvgIpc) is 2.79. The fraction of sp³-hybridized carbons (Fsp3) is 0.167. The zero-order chi connectivity index (χ0) is 23.1. The van der Waals surface area contributed by atoms with Crippen LogP contribution in [0.5, 0.6) is 0 Å². The Bertz CT molecular complexity index is 1370. The number of rotatable bonds is 3. The molecule has 0 spiro atoms. The summed E-state index contributed by atoms with van der Waals surface area (Å²) in [6, 6.07) is 15.2. The van der Waals surface area contributed by atoms with Gasteiger partial charge in [0.1, 0.15) is 7.05 Å². The summed E-state index contributed by atoms with van der Waals surface area (Å²) in [5, 5.41) is 13.2. The van der Waals surface area contributed by atoms with Gasteiger partial charge in [-0.1, -0.05) is 48.0 Å². The number of nitrogens with one attached hydrogen (secondary N) is 1. The fourth-order valence-corrected chi connectivity index (χ4v) is 5.11. The number of aliphatic hydroxyl groups is 1. The van der Waals surface area contributed by atoms with E-state index in [2.05, 4.69) is 111 Å². The van der Waals surface area contributed by atoms with Gasteiger partial charge in [0.2, 0.25) is 5.69 Å². The molecule has 0 amide bonds. The third kappa shape index (κ3) is 3.60. The molecule has 0 bridgehead atoms. The quantitative estimate of drug-likeness (QED) is 0.389. The third-order valence-corrected chi connectivity index (χ3v) is 6.67. The second-order valence-electron chi connectivity index (χ2n) is 8.96. The Morgan fingerprint density at radius 2 is 1.76 bits per heavy atom. The molecule has 0 saturated heterocycles. The van der Waals surface area contributed by atoms with Crippen molar-refractivity contribution in [3.8, 4) is 11.3 Å². The van der Waals surface area contributed by atoms with E-state index in [1.54, 1.807) is 6.08 Å². The molecule has 164 valence electrons. The molecule has 5 rings (SSSR count). The molecule has 1 aliphatic carbocycles. The summed E-state index contributed by atoms with van der Waals surface area (Å²) in [5.74, 6) is 0. The van der Waals surface area contributed by atoms with Crippen molar-refractivity contribution in [3.05, 3.63) is 112 Å². The lowest BCUT2D eigenvalue weighted by molar-refractivity contribution is -0.660. The van der Waals surface area contributed by atoms with Crippen molar-refractivity contribution < 1.29 is 9.67 Å². The summed E-state index contributed by atoms with van der Waals surface area (Å²) in [6.45, 7) is 6.41. The number of hydrogen-bond donors (Lipinski definition) is 2. The Morgan fingerprint density at radius 1 is 0.970 bits per heavy atom. The van der Waals surface area contributed by atoms with E-state index in [0.29, 0.717) is 0 Å². The summed E-state index contributed by atoms with van der Waals surface area (Å²) in [4.78, 5) is 0. The van der Waals surface area contributed by atoms with E-state index < -0.39 is 0 Å². The number of benzene rings is 2. The van der Waals surface area contributed by atoms with E-state index in [9.17, 15) is 5.11 Å². The van der Waals surface area contributed by atoms with Gasteiger partial charge in [0, 0.05) is 17.3 Å². The zero-order valence-electron chi connectivity index (χ0n) is 19.6. The van der Waals surface area contributed by atoms with Crippen molar-refractivity contribution in [1.82, 2.24) is 5.32 Å². The van der Waals surface area contributed by atoms with Crippen LogP contribution in [0.3, 0.4) is 0 Å². The SMILES string of the molecule is Cc1ccc(-c2c3c(cc[n+]2C)C2=CC=C(c4c(C)cccc4C)NC2C=C3)c(/C=C\O)c1. The minimum absolute atomic E-state index is 0.131. The van der Waals surface area contributed by atoms with E-state index in [0.717, 1.165) is 23.1 Å². The molecule has 2 aliphatic rings. The molecule has 3 nitrogen and oxygen atoms in total. The normalized spacial score (nSPS) is 16.7. The van der Waals surface area contributed by atoms with Crippen LogP contribution in [0, 0.1) is 20.8 Å². The first-order chi connectivity index (χ1) is 16.0. The molecule has 2 N–H and O–H groups in total. The molecule has 1 aromatic heterocycles. The smallest absolute Gasteiger partial charge is 0.220 e. The lowest BCUT2D eigenvalue weighted by Crippen LogP contribution is -2.35. The monoisotopic (exact) mass is 433 g/mol. The summed E-state index contributed by atoms with van der Waals surface area (Å²) in [5.41, 5.74) is 13.1. The minimum atomic E-state index is 0.131. The second kappa shape index (κ2) is 8.25. The van der Waals surface area contributed by atoms with E-state index in [-0.39, 0.29) is 6.04 Å². The van der Waals surface area contributed by atoms with Gasteiger partial charge >= 0.3 is 0 Å². The maximum Gasteiger partial charge on any atom is 0.220 e. The van der Waals surface area contributed by atoms with Crippen LogP contribution in [0.15, 0.2) is 73.2 Å². The Labute approximate surface area is 195 Å². The van der Waals surface area contributed by atoms with Crippen LogP contribution in [0.4, 0.5) is 0 Å². The van der Waals surface area contributed by atoms with Gasteiger partial charge in [-0.3, -0.25) is 0 Å². The summed E-state index contributed by atoms with van der Waals surface area (Å²) in [6.07, 6.45) is 14.0. The number of fused-ring (bicyclic) bond motifs is 3. The highest BCUT2D eigenvalue weighted by molar-refractivity contribution is 5.92. The molecule has 0 radical (unpaired) electrons. The van der Waals surface area contributed by atoms with Crippen LogP contribution in [0.25, 0.3) is 34.7 Å². The summed E-state index contributed by atoms with van der Waals surface area (Å²) in [7, 11) is 2.08. The number of nitrogens with zero attached hydrogens (tertiary/aromatic N) is 1. The van der Waals surface area contributed by atoms with Crippen molar-refractivity contribution in [2.75, 3.05) is 0 Å².